The van der Waals surface area contributed by atoms with Crippen molar-refractivity contribution >= 4 is 0 Å². The molecule has 0 amide bonds. The van der Waals surface area contributed by atoms with Gasteiger partial charge in [-0.25, -0.2) is 4.39 Å². The molecule has 0 heterocycles. The molecule has 1 N–H and O–H groups in total. The molecule has 0 saturated carbocycles. The third kappa shape index (κ3) is 2.31. The maximum absolute atomic E-state index is 13.9. The van der Waals surface area contributed by atoms with Gasteiger partial charge in [0.05, 0.1) is 14.2 Å². The first-order valence-electron chi connectivity index (χ1n) is 5.48. The molecule has 0 atom stereocenters. The predicted octanol–water partition coefficient (Wildman–Crippen LogP) is 3.35. The van der Waals surface area contributed by atoms with Crippen LogP contribution in [0.1, 0.15) is 0 Å². The molecule has 0 fully saturated rings. The first-order valence-corrected chi connectivity index (χ1v) is 5.48. The van der Waals surface area contributed by atoms with Crippen LogP contribution >= 0.6 is 0 Å². The normalized spacial score (nSPS) is 10.3. The Morgan fingerprint density at radius 1 is 0.895 bits per heavy atom. The van der Waals surface area contributed by atoms with Crippen LogP contribution in [0.15, 0.2) is 30.3 Å². The molecule has 0 aliphatic heterocycles. The van der Waals surface area contributed by atoms with Gasteiger partial charge in [0.15, 0.2) is 11.6 Å². The fraction of sp³-hybridized carbons (Fsp3) is 0.143. The monoisotopic (exact) mass is 266 g/mol. The van der Waals surface area contributed by atoms with Gasteiger partial charge >= 0.3 is 0 Å². The Balaban J connectivity index is 2.56. The Morgan fingerprint density at radius 3 is 2.16 bits per heavy atom. The number of phenols is 1. The van der Waals surface area contributed by atoms with Crippen molar-refractivity contribution in [3.8, 4) is 28.4 Å². The van der Waals surface area contributed by atoms with Crippen LogP contribution in [0.3, 0.4) is 0 Å². The minimum atomic E-state index is -1.09. The molecule has 2 rings (SSSR count). The van der Waals surface area contributed by atoms with Crippen LogP contribution in [0.5, 0.6) is 17.2 Å². The number of methoxy groups -OCH3 is 2. The lowest BCUT2D eigenvalue weighted by atomic mass is 10.0. The van der Waals surface area contributed by atoms with E-state index in [1.807, 2.05) is 0 Å². The van der Waals surface area contributed by atoms with E-state index in [9.17, 15) is 13.9 Å². The van der Waals surface area contributed by atoms with Crippen LogP contribution in [0.2, 0.25) is 0 Å². The number of halogens is 2. The van der Waals surface area contributed by atoms with E-state index in [-0.39, 0.29) is 22.6 Å². The van der Waals surface area contributed by atoms with Crippen LogP contribution in [0.25, 0.3) is 11.1 Å². The summed E-state index contributed by atoms with van der Waals surface area (Å²) in [7, 11) is 2.70. The van der Waals surface area contributed by atoms with E-state index in [4.69, 9.17) is 4.74 Å². The van der Waals surface area contributed by atoms with Gasteiger partial charge in [-0.05, 0) is 24.3 Å². The standard InChI is InChI=1S/C14H12F2O3/c1-18-8-3-4-9(11(17)7-8)10-5-6-12(19-2)14(16)13(10)15/h3-7,17H,1-2H3. The summed E-state index contributed by atoms with van der Waals surface area (Å²) in [5.74, 6) is -2.11. The quantitative estimate of drug-likeness (QED) is 0.925. The van der Waals surface area contributed by atoms with E-state index in [1.165, 1.54) is 38.5 Å². The molecule has 0 aliphatic carbocycles. The fourth-order valence-electron chi connectivity index (χ4n) is 1.76. The van der Waals surface area contributed by atoms with Gasteiger partial charge < -0.3 is 14.6 Å². The Hall–Kier alpha value is -2.30. The smallest absolute Gasteiger partial charge is 0.201 e. The highest BCUT2D eigenvalue weighted by molar-refractivity contribution is 5.72. The SMILES string of the molecule is COc1ccc(-c2ccc(OC)c(F)c2F)c(O)c1. The van der Waals surface area contributed by atoms with E-state index >= 15 is 0 Å². The molecule has 0 aromatic heterocycles. The number of ether oxygens (including phenoxy) is 2. The summed E-state index contributed by atoms with van der Waals surface area (Å²) in [6, 6.07) is 6.99. The van der Waals surface area contributed by atoms with Gasteiger partial charge in [-0.1, -0.05) is 0 Å². The van der Waals surface area contributed by atoms with Crippen molar-refractivity contribution < 1.29 is 23.4 Å². The third-order valence-corrected chi connectivity index (χ3v) is 2.76. The van der Waals surface area contributed by atoms with Gasteiger partial charge in [-0.3, -0.25) is 0 Å². The van der Waals surface area contributed by atoms with Gasteiger partial charge in [0, 0.05) is 17.2 Å². The molecule has 0 unspecified atom stereocenters. The molecular weight excluding hydrogens is 254 g/mol. The van der Waals surface area contributed by atoms with E-state index < -0.39 is 11.6 Å². The summed E-state index contributed by atoms with van der Waals surface area (Å²) in [6.07, 6.45) is 0. The molecule has 0 radical (unpaired) electrons. The zero-order valence-corrected chi connectivity index (χ0v) is 10.4. The van der Waals surface area contributed by atoms with Crippen molar-refractivity contribution in [1.82, 2.24) is 0 Å². The average Bonchev–Trinajstić information content (AvgIpc) is 2.42. The highest BCUT2D eigenvalue weighted by Gasteiger charge is 2.17. The minimum absolute atomic E-state index is 0.0431. The molecule has 5 heteroatoms. The summed E-state index contributed by atoms with van der Waals surface area (Å²) in [4.78, 5) is 0. The van der Waals surface area contributed by atoms with E-state index in [0.717, 1.165) is 0 Å². The van der Waals surface area contributed by atoms with Crippen molar-refractivity contribution in [2.45, 2.75) is 0 Å². The van der Waals surface area contributed by atoms with E-state index in [1.54, 1.807) is 6.07 Å². The lowest BCUT2D eigenvalue weighted by Gasteiger charge is -2.10. The highest BCUT2D eigenvalue weighted by Crippen LogP contribution is 2.36. The van der Waals surface area contributed by atoms with Crippen molar-refractivity contribution in [3.05, 3.63) is 42.0 Å². The first-order chi connectivity index (χ1) is 9.08. The molecule has 2 aromatic carbocycles. The van der Waals surface area contributed by atoms with E-state index in [0.29, 0.717) is 5.75 Å². The molecule has 0 bridgehead atoms. The third-order valence-electron chi connectivity index (χ3n) is 2.76. The number of benzene rings is 2. The second kappa shape index (κ2) is 5.14. The molecule has 2 aromatic rings. The summed E-state index contributed by atoms with van der Waals surface area (Å²) in [6.45, 7) is 0. The summed E-state index contributed by atoms with van der Waals surface area (Å²) < 4.78 is 37.1. The van der Waals surface area contributed by atoms with Crippen LogP contribution in [0, 0.1) is 11.6 Å². The van der Waals surface area contributed by atoms with Crippen LogP contribution in [-0.2, 0) is 0 Å². The Labute approximate surface area is 109 Å². The van der Waals surface area contributed by atoms with Crippen LogP contribution in [-0.4, -0.2) is 19.3 Å². The summed E-state index contributed by atoms with van der Waals surface area (Å²) in [5, 5.41) is 9.82. The van der Waals surface area contributed by atoms with E-state index in [2.05, 4.69) is 4.74 Å². The molecule has 3 nitrogen and oxygen atoms in total. The van der Waals surface area contributed by atoms with Gasteiger partial charge in [0.25, 0.3) is 0 Å². The number of rotatable bonds is 3. The zero-order chi connectivity index (χ0) is 14.0. The number of hydrogen-bond acceptors (Lipinski definition) is 3. The molecule has 0 spiro atoms. The lowest BCUT2D eigenvalue weighted by molar-refractivity contribution is 0.372. The van der Waals surface area contributed by atoms with Crippen molar-refractivity contribution in [3.63, 3.8) is 0 Å². The average molecular weight is 266 g/mol. The molecule has 100 valence electrons. The van der Waals surface area contributed by atoms with Gasteiger partial charge in [0.2, 0.25) is 5.82 Å². The second-order valence-electron chi connectivity index (χ2n) is 3.83. The maximum Gasteiger partial charge on any atom is 0.201 e. The van der Waals surface area contributed by atoms with Crippen LogP contribution < -0.4 is 9.47 Å². The fourth-order valence-corrected chi connectivity index (χ4v) is 1.76. The van der Waals surface area contributed by atoms with Crippen molar-refractivity contribution in [2.75, 3.05) is 14.2 Å². The second-order valence-corrected chi connectivity index (χ2v) is 3.83. The lowest BCUT2D eigenvalue weighted by Crippen LogP contribution is -1.95. The van der Waals surface area contributed by atoms with Gasteiger partial charge in [-0.2, -0.15) is 4.39 Å². The Bertz CT molecular complexity index is 612. The largest absolute Gasteiger partial charge is 0.507 e. The zero-order valence-electron chi connectivity index (χ0n) is 10.4. The number of aromatic hydroxyl groups is 1. The molecule has 0 aliphatic rings. The number of phenolic OH excluding ortho intramolecular Hbond substituents is 1. The molecule has 0 saturated heterocycles. The Morgan fingerprint density at radius 2 is 1.58 bits per heavy atom. The molecule has 19 heavy (non-hydrogen) atoms. The van der Waals surface area contributed by atoms with Gasteiger partial charge in [-0.15, -0.1) is 0 Å². The minimum Gasteiger partial charge on any atom is -0.507 e. The van der Waals surface area contributed by atoms with Gasteiger partial charge in [0.1, 0.15) is 11.5 Å². The maximum atomic E-state index is 13.9. The van der Waals surface area contributed by atoms with Crippen LogP contribution in [0.4, 0.5) is 8.78 Å². The topological polar surface area (TPSA) is 38.7 Å². The summed E-state index contributed by atoms with van der Waals surface area (Å²) in [5.41, 5.74) is 0.137. The predicted molar refractivity (Wildman–Crippen MR) is 66.6 cm³/mol. The number of hydrogen-bond donors (Lipinski definition) is 1. The highest BCUT2D eigenvalue weighted by atomic mass is 19.2. The Kier molecular flexibility index (Phi) is 3.55. The summed E-state index contributed by atoms with van der Waals surface area (Å²) >= 11 is 0. The van der Waals surface area contributed by atoms with Crippen molar-refractivity contribution in [2.24, 2.45) is 0 Å². The van der Waals surface area contributed by atoms with Crippen molar-refractivity contribution in [1.29, 1.82) is 0 Å². The molecular formula is C14H12F2O3. The first kappa shape index (κ1) is 13.1.